The van der Waals surface area contributed by atoms with E-state index in [-0.39, 0.29) is 18.3 Å². The third-order valence-corrected chi connectivity index (χ3v) is 5.29. The van der Waals surface area contributed by atoms with E-state index < -0.39 is 0 Å². The Kier molecular flexibility index (Phi) is 5.96. The van der Waals surface area contributed by atoms with Crippen LogP contribution < -0.4 is 4.90 Å². The predicted molar refractivity (Wildman–Crippen MR) is 105 cm³/mol. The summed E-state index contributed by atoms with van der Waals surface area (Å²) in [5, 5.41) is 0.723. The highest BCUT2D eigenvalue weighted by Gasteiger charge is 2.20. The van der Waals surface area contributed by atoms with Crippen molar-refractivity contribution in [2.24, 2.45) is 0 Å². The molecule has 1 heterocycles. The molecule has 0 unspecified atom stereocenters. The van der Waals surface area contributed by atoms with Crippen LogP contribution in [-0.2, 0) is 11.3 Å². The molecule has 3 aromatic rings. The van der Waals surface area contributed by atoms with Gasteiger partial charge in [0.2, 0.25) is 5.91 Å². The lowest BCUT2D eigenvalue weighted by atomic mass is 10.2. The number of thiazole rings is 1. The monoisotopic (exact) mass is 371 g/mol. The van der Waals surface area contributed by atoms with Crippen molar-refractivity contribution in [3.63, 3.8) is 0 Å². The zero-order chi connectivity index (χ0) is 18.5. The maximum absolute atomic E-state index is 13.4. The van der Waals surface area contributed by atoms with Gasteiger partial charge in [0.15, 0.2) is 5.13 Å². The lowest BCUT2D eigenvalue weighted by molar-refractivity contribution is -0.119. The number of hydrogen-bond acceptors (Lipinski definition) is 4. The molecule has 4 nitrogen and oxygen atoms in total. The molecule has 1 amide bonds. The highest BCUT2D eigenvalue weighted by molar-refractivity contribution is 7.22. The minimum atomic E-state index is -0.255. The highest BCUT2D eigenvalue weighted by atomic mass is 32.1. The van der Waals surface area contributed by atoms with Gasteiger partial charge in [0.25, 0.3) is 0 Å². The lowest BCUT2D eigenvalue weighted by Crippen LogP contribution is -2.40. The summed E-state index contributed by atoms with van der Waals surface area (Å²) in [6.07, 6.45) is 0. The number of aromatic nitrogens is 1. The van der Waals surface area contributed by atoms with Crippen molar-refractivity contribution >= 4 is 32.6 Å². The standard InChI is InChI=1S/C20H22FN3OS/c1-3-23(13-15-8-7-9-16(21)12-15)14-19(25)24(4-2)20-22-17-10-5-6-11-18(17)26-20/h5-12H,3-4,13-14H2,1-2H3. The van der Waals surface area contributed by atoms with Gasteiger partial charge in [-0.2, -0.15) is 0 Å². The number of fused-ring (bicyclic) bond motifs is 1. The summed E-state index contributed by atoms with van der Waals surface area (Å²) in [4.78, 5) is 21.2. The van der Waals surface area contributed by atoms with Gasteiger partial charge < -0.3 is 0 Å². The van der Waals surface area contributed by atoms with Crippen molar-refractivity contribution in [1.29, 1.82) is 0 Å². The molecule has 2 aromatic carbocycles. The van der Waals surface area contributed by atoms with Crippen LogP contribution in [0.1, 0.15) is 19.4 Å². The van der Waals surface area contributed by atoms with Gasteiger partial charge in [-0.1, -0.05) is 42.5 Å². The van der Waals surface area contributed by atoms with Crippen LogP contribution in [0.15, 0.2) is 48.5 Å². The van der Waals surface area contributed by atoms with Crippen molar-refractivity contribution in [3.05, 3.63) is 59.9 Å². The Morgan fingerprint density at radius 2 is 1.92 bits per heavy atom. The minimum absolute atomic E-state index is 0.00445. The molecule has 0 spiro atoms. The van der Waals surface area contributed by atoms with Gasteiger partial charge in [-0.05, 0) is 43.3 Å². The minimum Gasteiger partial charge on any atom is -0.290 e. The zero-order valence-electron chi connectivity index (χ0n) is 15.0. The third kappa shape index (κ3) is 4.26. The molecule has 0 saturated heterocycles. The quantitative estimate of drug-likeness (QED) is 0.621. The summed E-state index contributed by atoms with van der Waals surface area (Å²) < 4.78 is 14.5. The maximum Gasteiger partial charge on any atom is 0.242 e. The Balaban J connectivity index is 1.72. The first-order chi connectivity index (χ1) is 12.6. The first kappa shape index (κ1) is 18.5. The molecule has 0 saturated carbocycles. The van der Waals surface area contributed by atoms with Gasteiger partial charge >= 0.3 is 0 Å². The van der Waals surface area contributed by atoms with Gasteiger partial charge in [0.05, 0.1) is 16.8 Å². The number of hydrogen-bond donors (Lipinski definition) is 0. The molecule has 0 fully saturated rings. The van der Waals surface area contributed by atoms with E-state index >= 15 is 0 Å². The highest BCUT2D eigenvalue weighted by Crippen LogP contribution is 2.28. The van der Waals surface area contributed by atoms with E-state index in [4.69, 9.17) is 0 Å². The van der Waals surface area contributed by atoms with Gasteiger partial charge in [0.1, 0.15) is 5.82 Å². The molecule has 0 bridgehead atoms. The van der Waals surface area contributed by atoms with Crippen LogP contribution in [0.25, 0.3) is 10.2 Å². The van der Waals surface area contributed by atoms with E-state index in [9.17, 15) is 9.18 Å². The van der Waals surface area contributed by atoms with E-state index in [0.717, 1.165) is 20.9 Å². The molecular weight excluding hydrogens is 349 g/mol. The molecule has 0 aliphatic rings. The summed E-state index contributed by atoms with van der Waals surface area (Å²) in [6.45, 7) is 6.04. The summed E-state index contributed by atoms with van der Waals surface area (Å²) in [5.74, 6) is -0.251. The van der Waals surface area contributed by atoms with Crippen molar-refractivity contribution in [1.82, 2.24) is 9.88 Å². The fourth-order valence-corrected chi connectivity index (χ4v) is 3.89. The second kappa shape index (κ2) is 8.38. The SMILES string of the molecule is CCN(CC(=O)N(CC)c1nc2ccccc2s1)Cc1cccc(F)c1. The summed E-state index contributed by atoms with van der Waals surface area (Å²) in [5.41, 5.74) is 1.77. The Hall–Kier alpha value is -2.31. The Morgan fingerprint density at radius 1 is 1.12 bits per heavy atom. The molecule has 3 rings (SSSR count). The Bertz CT molecular complexity index is 862. The molecule has 136 valence electrons. The number of halogens is 1. The van der Waals surface area contributed by atoms with Crippen LogP contribution >= 0.6 is 11.3 Å². The summed E-state index contributed by atoms with van der Waals surface area (Å²) in [6, 6.07) is 14.4. The van der Waals surface area contributed by atoms with Crippen molar-refractivity contribution in [2.75, 3.05) is 24.5 Å². The predicted octanol–water partition coefficient (Wildman–Crippen LogP) is 4.31. The van der Waals surface area contributed by atoms with Gasteiger partial charge in [0, 0.05) is 13.1 Å². The summed E-state index contributed by atoms with van der Waals surface area (Å²) >= 11 is 1.52. The molecule has 0 radical (unpaired) electrons. The van der Waals surface area contributed by atoms with Crippen LogP contribution in [0.5, 0.6) is 0 Å². The van der Waals surface area contributed by atoms with Gasteiger partial charge in [-0.3, -0.25) is 14.6 Å². The average Bonchev–Trinajstić information content (AvgIpc) is 3.05. The Labute approximate surface area is 156 Å². The molecule has 1 aromatic heterocycles. The normalized spacial score (nSPS) is 11.2. The van der Waals surface area contributed by atoms with Crippen LogP contribution in [0, 0.1) is 5.82 Å². The van der Waals surface area contributed by atoms with Crippen LogP contribution in [0.4, 0.5) is 9.52 Å². The van der Waals surface area contributed by atoms with Gasteiger partial charge in [-0.15, -0.1) is 0 Å². The van der Waals surface area contributed by atoms with E-state index in [1.807, 2.05) is 49.1 Å². The number of carbonyl (C=O) groups excluding carboxylic acids is 1. The number of nitrogens with zero attached hydrogens (tertiary/aromatic N) is 3. The largest absolute Gasteiger partial charge is 0.290 e. The molecule has 6 heteroatoms. The van der Waals surface area contributed by atoms with E-state index in [1.54, 1.807) is 11.0 Å². The van der Waals surface area contributed by atoms with Crippen molar-refractivity contribution < 1.29 is 9.18 Å². The molecule has 26 heavy (non-hydrogen) atoms. The number of likely N-dealkylation sites (N-methyl/N-ethyl adjacent to an activating group) is 2. The second-order valence-electron chi connectivity index (χ2n) is 6.04. The Morgan fingerprint density at radius 3 is 2.62 bits per heavy atom. The fourth-order valence-electron chi connectivity index (χ4n) is 2.84. The molecule has 0 aliphatic heterocycles. The third-order valence-electron chi connectivity index (χ3n) is 4.23. The zero-order valence-corrected chi connectivity index (χ0v) is 15.8. The fraction of sp³-hybridized carbons (Fsp3) is 0.300. The molecule has 0 atom stereocenters. The van der Waals surface area contributed by atoms with Gasteiger partial charge in [-0.25, -0.2) is 9.37 Å². The molecule has 0 aliphatic carbocycles. The van der Waals surface area contributed by atoms with E-state index in [1.165, 1.54) is 23.5 Å². The first-order valence-electron chi connectivity index (χ1n) is 8.73. The van der Waals surface area contributed by atoms with E-state index in [0.29, 0.717) is 19.6 Å². The maximum atomic E-state index is 13.4. The van der Waals surface area contributed by atoms with Crippen LogP contribution in [-0.4, -0.2) is 35.4 Å². The summed E-state index contributed by atoms with van der Waals surface area (Å²) in [7, 11) is 0. The molecule has 0 N–H and O–H groups in total. The number of para-hydroxylation sites is 1. The topological polar surface area (TPSA) is 36.4 Å². The average molecular weight is 371 g/mol. The number of amides is 1. The van der Waals surface area contributed by atoms with Crippen molar-refractivity contribution in [2.45, 2.75) is 20.4 Å². The number of benzene rings is 2. The second-order valence-corrected chi connectivity index (χ2v) is 7.04. The van der Waals surface area contributed by atoms with Crippen molar-refractivity contribution in [3.8, 4) is 0 Å². The van der Waals surface area contributed by atoms with E-state index in [2.05, 4.69) is 4.98 Å². The molecular formula is C20H22FN3OS. The van der Waals surface area contributed by atoms with Crippen LogP contribution in [0.2, 0.25) is 0 Å². The van der Waals surface area contributed by atoms with Crippen LogP contribution in [0.3, 0.4) is 0 Å². The number of anilines is 1. The number of carbonyl (C=O) groups is 1. The number of rotatable bonds is 7. The smallest absolute Gasteiger partial charge is 0.242 e. The first-order valence-corrected chi connectivity index (χ1v) is 9.55. The lowest BCUT2D eigenvalue weighted by Gasteiger charge is -2.24.